The zero-order valence-electron chi connectivity index (χ0n) is 18.6. The molecule has 1 aliphatic heterocycles. The van der Waals surface area contributed by atoms with Gasteiger partial charge in [-0.05, 0) is 54.5 Å². The molecule has 2 bridgehead atoms. The molecule has 0 saturated heterocycles. The lowest BCUT2D eigenvalue weighted by Crippen LogP contribution is -2.35. The average Bonchev–Trinajstić information content (AvgIpc) is 2.71. The summed E-state index contributed by atoms with van der Waals surface area (Å²) in [7, 11) is 0. The fourth-order valence-corrected chi connectivity index (χ4v) is 4.39. The summed E-state index contributed by atoms with van der Waals surface area (Å²) in [4.78, 5) is 5.03. The maximum Gasteiger partial charge on any atom is 0.124 e. The SMILES string of the molecule is CCC1(CC)/C=C\c2cccc3c(CC(C)(C)C)cc(nc23)-c2cc(F)ccc2N1. The van der Waals surface area contributed by atoms with Crippen molar-refractivity contribution < 1.29 is 4.39 Å². The summed E-state index contributed by atoms with van der Waals surface area (Å²) >= 11 is 0. The number of aromatic nitrogens is 1. The van der Waals surface area contributed by atoms with Crippen molar-refractivity contribution in [2.75, 3.05) is 5.32 Å². The molecule has 0 unspecified atom stereocenters. The van der Waals surface area contributed by atoms with E-state index < -0.39 is 0 Å². The summed E-state index contributed by atoms with van der Waals surface area (Å²) in [5, 5.41) is 4.90. The highest BCUT2D eigenvalue weighted by Gasteiger charge is 2.26. The number of para-hydroxylation sites is 1. The van der Waals surface area contributed by atoms with Gasteiger partial charge in [0.15, 0.2) is 0 Å². The van der Waals surface area contributed by atoms with Crippen molar-refractivity contribution in [2.45, 2.75) is 59.4 Å². The van der Waals surface area contributed by atoms with E-state index in [2.05, 4.69) is 76.4 Å². The Morgan fingerprint density at radius 1 is 1.03 bits per heavy atom. The molecule has 2 heterocycles. The molecule has 2 aromatic carbocycles. The number of hydrogen-bond donors (Lipinski definition) is 1. The third-order valence-electron chi connectivity index (χ3n) is 6.16. The summed E-state index contributed by atoms with van der Waals surface area (Å²) in [6.07, 6.45) is 7.26. The minimum atomic E-state index is -0.241. The maximum absolute atomic E-state index is 14.3. The van der Waals surface area contributed by atoms with Gasteiger partial charge in [-0.15, -0.1) is 0 Å². The van der Waals surface area contributed by atoms with Crippen molar-refractivity contribution in [3.05, 3.63) is 65.5 Å². The van der Waals surface area contributed by atoms with Crippen LogP contribution in [0.3, 0.4) is 0 Å². The zero-order valence-corrected chi connectivity index (χ0v) is 18.6. The van der Waals surface area contributed by atoms with Crippen molar-refractivity contribution >= 4 is 22.7 Å². The Morgan fingerprint density at radius 2 is 1.80 bits per heavy atom. The topological polar surface area (TPSA) is 24.9 Å². The van der Waals surface area contributed by atoms with Crippen LogP contribution in [0, 0.1) is 11.2 Å². The molecule has 156 valence electrons. The van der Waals surface area contributed by atoms with Crippen LogP contribution in [0.2, 0.25) is 0 Å². The zero-order chi connectivity index (χ0) is 21.5. The number of hydrogen-bond acceptors (Lipinski definition) is 2. The van der Waals surface area contributed by atoms with Crippen molar-refractivity contribution in [3.8, 4) is 11.3 Å². The Kier molecular flexibility index (Phi) is 5.17. The Balaban J connectivity index is 2.08. The molecule has 0 spiro atoms. The van der Waals surface area contributed by atoms with Gasteiger partial charge < -0.3 is 5.32 Å². The minimum absolute atomic E-state index is 0.136. The third-order valence-corrected chi connectivity index (χ3v) is 6.16. The molecule has 3 aromatic rings. The van der Waals surface area contributed by atoms with E-state index in [1.54, 1.807) is 6.07 Å². The van der Waals surface area contributed by atoms with Gasteiger partial charge in [-0.3, -0.25) is 0 Å². The van der Waals surface area contributed by atoms with E-state index in [1.165, 1.54) is 17.0 Å². The lowest BCUT2D eigenvalue weighted by molar-refractivity contribution is 0.412. The molecule has 3 heteroatoms. The van der Waals surface area contributed by atoms with E-state index in [4.69, 9.17) is 4.98 Å². The Labute approximate surface area is 179 Å². The highest BCUT2D eigenvalue weighted by molar-refractivity contribution is 5.93. The number of rotatable bonds is 3. The highest BCUT2D eigenvalue weighted by Crippen LogP contribution is 2.38. The standard InChI is InChI=1S/C27H31FN2/c1-6-27(7-2)14-13-18-9-8-10-21-19(17-26(3,4)5)15-24(29-25(18)21)22-16-20(28)11-12-23(22)30-27/h8-16,30H,6-7,17H2,1-5H3/b14-13-. The van der Waals surface area contributed by atoms with Crippen LogP contribution in [0.25, 0.3) is 28.2 Å². The van der Waals surface area contributed by atoms with Gasteiger partial charge >= 0.3 is 0 Å². The molecule has 30 heavy (non-hydrogen) atoms. The van der Waals surface area contributed by atoms with Crippen LogP contribution >= 0.6 is 0 Å². The second kappa shape index (κ2) is 7.54. The normalized spacial score (nSPS) is 16.2. The highest BCUT2D eigenvalue weighted by atomic mass is 19.1. The molecule has 2 nitrogen and oxygen atoms in total. The molecular weight excluding hydrogens is 371 g/mol. The van der Waals surface area contributed by atoms with Gasteiger partial charge in [0, 0.05) is 22.2 Å². The fourth-order valence-electron chi connectivity index (χ4n) is 4.39. The van der Waals surface area contributed by atoms with Crippen molar-refractivity contribution in [3.63, 3.8) is 0 Å². The average molecular weight is 403 g/mol. The number of nitrogens with zero attached hydrogens (tertiary/aromatic N) is 1. The Hall–Kier alpha value is -2.68. The Bertz CT molecular complexity index is 1120. The number of benzene rings is 2. The first-order valence-corrected chi connectivity index (χ1v) is 10.9. The molecule has 1 aromatic heterocycles. The van der Waals surface area contributed by atoms with Crippen LogP contribution < -0.4 is 5.32 Å². The van der Waals surface area contributed by atoms with E-state index in [1.807, 2.05) is 6.07 Å². The lowest BCUT2D eigenvalue weighted by Gasteiger charge is -2.32. The second-order valence-electron chi connectivity index (χ2n) is 9.66. The van der Waals surface area contributed by atoms with E-state index in [0.29, 0.717) is 0 Å². The maximum atomic E-state index is 14.3. The molecule has 0 amide bonds. The van der Waals surface area contributed by atoms with Gasteiger partial charge in [0.05, 0.1) is 16.7 Å². The summed E-state index contributed by atoms with van der Waals surface area (Å²) in [5.41, 5.74) is 5.87. The number of anilines is 1. The largest absolute Gasteiger partial charge is 0.376 e. The van der Waals surface area contributed by atoms with Gasteiger partial charge in [0.25, 0.3) is 0 Å². The first-order chi connectivity index (χ1) is 14.2. The molecule has 0 radical (unpaired) electrons. The van der Waals surface area contributed by atoms with E-state index in [9.17, 15) is 4.39 Å². The van der Waals surface area contributed by atoms with Crippen molar-refractivity contribution in [2.24, 2.45) is 5.41 Å². The van der Waals surface area contributed by atoms with E-state index >= 15 is 0 Å². The third kappa shape index (κ3) is 3.86. The monoisotopic (exact) mass is 402 g/mol. The molecule has 4 rings (SSSR count). The predicted octanol–water partition coefficient (Wildman–Crippen LogP) is 7.63. The van der Waals surface area contributed by atoms with Gasteiger partial charge in [-0.2, -0.15) is 0 Å². The van der Waals surface area contributed by atoms with E-state index in [-0.39, 0.29) is 16.8 Å². The van der Waals surface area contributed by atoms with Gasteiger partial charge in [-0.25, -0.2) is 9.37 Å². The second-order valence-corrected chi connectivity index (χ2v) is 9.66. The van der Waals surface area contributed by atoms with Crippen molar-refractivity contribution in [1.82, 2.24) is 4.98 Å². The van der Waals surface area contributed by atoms with Crippen LogP contribution in [0.5, 0.6) is 0 Å². The van der Waals surface area contributed by atoms with Gasteiger partial charge in [0.1, 0.15) is 5.82 Å². The van der Waals surface area contributed by atoms with Crippen LogP contribution in [-0.4, -0.2) is 10.5 Å². The van der Waals surface area contributed by atoms with Gasteiger partial charge in [0.2, 0.25) is 0 Å². The lowest BCUT2D eigenvalue weighted by atomic mass is 9.85. The van der Waals surface area contributed by atoms with Crippen LogP contribution in [0.15, 0.2) is 48.5 Å². The number of pyridine rings is 1. The predicted molar refractivity (Wildman–Crippen MR) is 126 cm³/mol. The summed E-state index contributed by atoms with van der Waals surface area (Å²) < 4.78 is 14.3. The Morgan fingerprint density at radius 3 is 2.50 bits per heavy atom. The van der Waals surface area contributed by atoms with Crippen LogP contribution in [-0.2, 0) is 6.42 Å². The number of halogens is 1. The van der Waals surface area contributed by atoms with Gasteiger partial charge in [-0.1, -0.05) is 65.0 Å². The summed E-state index contributed by atoms with van der Waals surface area (Å²) in [5.74, 6) is -0.241. The number of nitrogens with one attached hydrogen (secondary N) is 1. The van der Waals surface area contributed by atoms with E-state index in [0.717, 1.165) is 47.3 Å². The first-order valence-electron chi connectivity index (χ1n) is 10.9. The minimum Gasteiger partial charge on any atom is -0.376 e. The summed E-state index contributed by atoms with van der Waals surface area (Å²) in [6.45, 7) is 11.1. The fraction of sp³-hybridized carbons (Fsp3) is 0.370. The smallest absolute Gasteiger partial charge is 0.124 e. The molecule has 0 aliphatic carbocycles. The number of fused-ring (bicyclic) bond motifs is 3. The van der Waals surface area contributed by atoms with Crippen molar-refractivity contribution in [1.29, 1.82) is 0 Å². The molecule has 0 saturated carbocycles. The first kappa shape index (κ1) is 20.6. The molecule has 0 fully saturated rings. The van der Waals surface area contributed by atoms with Crippen LogP contribution in [0.4, 0.5) is 10.1 Å². The molecule has 1 aliphatic rings. The van der Waals surface area contributed by atoms with Crippen LogP contribution in [0.1, 0.15) is 58.6 Å². The molecule has 0 atom stereocenters. The summed E-state index contributed by atoms with van der Waals surface area (Å²) in [6, 6.07) is 13.5. The molecule has 1 N–H and O–H groups in total. The quantitative estimate of drug-likeness (QED) is 0.487. The molecular formula is C27H31FN2.